The second-order valence-corrected chi connectivity index (χ2v) is 7.93. The van der Waals surface area contributed by atoms with E-state index in [-0.39, 0.29) is 37.4 Å². The predicted molar refractivity (Wildman–Crippen MR) is 95.3 cm³/mol. The van der Waals surface area contributed by atoms with Crippen molar-refractivity contribution in [2.45, 2.75) is 37.1 Å². The van der Waals surface area contributed by atoms with Crippen molar-refractivity contribution in [1.29, 1.82) is 0 Å². The lowest BCUT2D eigenvalue weighted by Gasteiger charge is -2.40. The van der Waals surface area contributed by atoms with Gasteiger partial charge in [0, 0.05) is 44.7 Å². The van der Waals surface area contributed by atoms with Crippen molar-refractivity contribution < 1.29 is 9.18 Å². The van der Waals surface area contributed by atoms with Crippen LogP contribution in [-0.2, 0) is 4.79 Å². The predicted octanol–water partition coefficient (Wildman–Crippen LogP) is -3.07. The highest BCUT2D eigenvalue weighted by Gasteiger charge is 2.48. The third kappa shape index (κ3) is 3.47. The Morgan fingerprint density at radius 3 is 2.85 bits per heavy atom. The number of alkyl halides is 1. The molecule has 0 saturated carbocycles. The fraction of sp³-hybridized carbons (Fsp3) is 0.938. The van der Waals surface area contributed by atoms with Crippen LogP contribution in [0.1, 0.15) is 6.42 Å². The van der Waals surface area contributed by atoms with Crippen molar-refractivity contribution in [2.24, 2.45) is 17.6 Å². The van der Waals surface area contributed by atoms with Crippen molar-refractivity contribution in [3.05, 3.63) is 0 Å². The van der Waals surface area contributed by atoms with Gasteiger partial charge in [-0.25, -0.2) is 14.8 Å². The number of hydrogen-bond donors (Lipinski definition) is 6. The first-order chi connectivity index (χ1) is 12.5. The molecule has 0 bridgehead atoms. The molecule has 0 radical (unpaired) electrons. The lowest BCUT2D eigenvalue weighted by Crippen LogP contribution is -2.62. The van der Waals surface area contributed by atoms with Gasteiger partial charge < -0.3 is 21.7 Å². The lowest BCUT2D eigenvalue weighted by molar-refractivity contribution is -0.128. The molecular weight excluding hydrogens is 339 g/mol. The molecule has 4 saturated heterocycles. The molecular formula is C16H31FN8O. The van der Waals surface area contributed by atoms with Crippen LogP contribution in [0.25, 0.3) is 0 Å². The van der Waals surface area contributed by atoms with E-state index in [2.05, 4.69) is 38.6 Å². The molecule has 9 nitrogen and oxygen atoms in total. The van der Waals surface area contributed by atoms with E-state index < -0.39 is 18.3 Å². The molecule has 4 aliphatic heterocycles. The number of carbonyl (C=O) groups excluding carboxylic acids is 1. The van der Waals surface area contributed by atoms with Gasteiger partial charge in [0.2, 0.25) is 5.91 Å². The van der Waals surface area contributed by atoms with Gasteiger partial charge in [-0.1, -0.05) is 0 Å². The SMILES string of the molecule is CN1CCNC1C1CCNCC1NC(=O)C1C(N)NN2CC(F)CNC12. The smallest absolute Gasteiger partial charge is 0.229 e. The Morgan fingerprint density at radius 2 is 2.08 bits per heavy atom. The molecule has 0 aromatic rings. The molecule has 26 heavy (non-hydrogen) atoms. The van der Waals surface area contributed by atoms with E-state index in [0.717, 1.165) is 32.6 Å². The van der Waals surface area contributed by atoms with Crippen molar-refractivity contribution in [2.75, 3.05) is 46.3 Å². The topological polar surface area (TPSA) is 110 Å². The van der Waals surface area contributed by atoms with Gasteiger partial charge in [0.25, 0.3) is 0 Å². The molecule has 1 amide bonds. The highest BCUT2D eigenvalue weighted by atomic mass is 19.1. The second kappa shape index (κ2) is 7.63. The number of nitrogens with one attached hydrogen (secondary N) is 5. The molecule has 0 aromatic heterocycles. The van der Waals surface area contributed by atoms with Crippen LogP contribution in [0.4, 0.5) is 4.39 Å². The first kappa shape index (κ1) is 18.5. The van der Waals surface area contributed by atoms with E-state index in [1.807, 2.05) is 0 Å². The summed E-state index contributed by atoms with van der Waals surface area (Å²) in [4.78, 5) is 15.4. The summed E-state index contributed by atoms with van der Waals surface area (Å²) in [6, 6.07) is 0.0491. The summed E-state index contributed by atoms with van der Waals surface area (Å²) in [6.45, 7) is 4.23. The van der Waals surface area contributed by atoms with Crippen LogP contribution in [0.2, 0.25) is 0 Å². The fourth-order valence-electron chi connectivity index (χ4n) is 4.83. The van der Waals surface area contributed by atoms with Crippen LogP contribution < -0.4 is 32.4 Å². The van der Waals surface area contributed by atoms with Gasteiger partial charge in [-0.3, -0.25) is 15.0 Å². The van der Waals surface area contributed by atoms with E-state index >= 15 is 0 Å². The first-order valence-corrected chi connectivity index (χ1v) is 9.65. The Bertz CT molecular complexity index is 524. The number of nitrogens with zero attached hydrogens (tertiary/aromatic N) is 2. The Morgan fingerprint density at radius 1 is 1.23 bits per heavy atom. The third-order valence-electron chi connectivity index (χ3n) is 6.19. The Balaban J connectivity index is 1.42. The lowest BCUT2D eigenvalue weighted by atomic mass is 9.88. The van der Waals surface area contributed by atoms with E-state index in [0.29, 0.717) is 5.92 Å². The number of hydrogen-bond acceptors (Lipinski definition) is 8. The van der Waals surface area contributed by atoms with Gasteiger partial charge in [-0.2, -0.15) is 0 Å². The normalized spacial score (nSPS) is 44.8. The molecule has 4 aliphatic rings. The number of carbonyl (C=O) groups is 1. The van der Waals surface area contributed by atoms with Crippen molar-refractivity contribution in [1.82, 2.24) is 36.6 Å². The fourth-order valence-corrected chi connectivity index (χ4v) is 4.83. The molecule has 7 unspecified atom stereocenters. The maximum atomic E-state index is 13.6. The molecule has 4 heterocycles. The minimum absolute atomic E-state index is 0.0491. The number of rotatable bonds is 3. The number of amides is 1. The van der Waals surface area contributed by atoms with Gasteiger partial charge in [-0.05, 0) is 20.0 Å². The molecule has 0 aromatic carbocycles. The second-order valence-electron chi connectivity index (χ2n) is 7.93. The average Bonchev–Trinajstić information content (AvgIpc) is 3.17. The number of halogens is 1. The third-order valence-corrected chi connectivity index (χ3v) is 6.19. The van der Waals surface area contributed by atoms with E-state index in [9.17, 15) is 9.18 Å². The summed E-state index contributed by atoms with van der Waals surface area (Å²) in [5.41, 5.74) is 9.20. The number of nitrogens with two attached hydrogens (primary N) is 1. The summed E-state index contributed by atoms with van der Waals surface area (Å²) in [5, 5.41) is 15.0. The minimum Gasteiger partial charge on any atom is -0.351 e. The van der Waals surface area contributed by atoms with Gasteiger partial charge in [-0.15, -0.1) is 0 Å². The number of piperidine rings is 1. The molecule has 7 N–H and O–H groups in total. The molecule has 148 valence electrons. The quantitative estimate of drug-likeness (QED) is 0.311. The van der Waals surface area contributed by atoms with E-state index in [4.69, 9.17) is 5.73 Å². The van der Waals surface area contributed by atoms with Crippen LogP contribution in [0.15, 0.2) is 0 Å². The van der Waals surface area contributed by atoms with Crippen molar-refractivity contribution in [3.63, 3.8) is 0 Å². The zero-order valence-electron chi connectivity index (χ0n) is 15.2. The van der Waals surface area contributed by atoms with Gasteiger partial charge in [0.1, 0.15) is 6.17 Å². The summed E-state index contributed by atoms with van der Waals surface area (Å²) >= 11 is 0. The van der Waals surface area contributed by atoms with Crippen LogP contribution in [0.5, 0.6) is 0 Å². The Labute approximate surface area is 153 Å². The minimum atomic E-state index is -0.955. The monoisotopic (exact) mass is 370 g/mol. The van der Waals surface area contributed by atoms with Crippen molar-refractivity contribution >= 4 is 5.91 Å². The molecule has 7 atom stereocenters. The number of likely N-dealkylation sites (N-methyl/N-ethyl adjacent to an activating group) is 1. The highest BCUT2D eigenvalue weighted by molar-refractivity contribution is 5.80. The summed E-state index contributed by atoms with van der Waals surface area (Å²) in [6.07, 6.45) is -0.434. The average molecular weight is 370 g/mol. The van der Waals surface area contributed by atoms with Crippen LogP contribution >= 0.6 is 0 Å². The van der Waals surface area contributed by atoms with Gasteiger partial charge in [0.15, 0.2) is 0 Å². The summed E-state index contributed by atoms with van der Waals surface area (Å²) in [7, 11) is 2.12. The molecule has 10 heteroatoms. The van der Waals surface area contributed by atoms with Crippen LogP contribution in [0, 0.1) is 11.8 Å². The summed E-state index contributed by atoms with van der Waals surface area (Å²) < 4.78 is 13.6. The standard InChI is InChI=1S/C16H31FN8O/c1-24-5-4-20-14(24)10-2-3-19-7-11(10)22-16(26)12-13(18)23-25-8-9(17)6-21-15(12)25/h9-15,19-21,23H,2-8,18H2,1H3,(H,22,26). The number of fused-ring (bicyclic) bond motifs is 1. The molecule has 0 aliphatic carbocycles. The van der Waals surface area contributed by atoms with Gasteiger partial charge in [0.05, 0.1) is 24.4 Å². The maximum Gasteiger partial charge on any atom is 0.229 e. The Hall–Kier alpha value is -0.880. The van der Waals surface area contributed by atoms with E-state index in [1.165, 1.54) is 0 Å². The zero-order valence-corrected chi connectivity index (χ0v) is 15.2. The highest BCUT2D eigenvalue weighted by Crippen LogP contribution is 2.25. The van der Waals surface area contributed by atoms with Crippen LogP contribution in [0.3, 0.4) is 0 Å². The molecule has 4 rings (SSSR count). The van der Waals surface area contributed by atoms with E-state index in [1.54, 1.807) is 5.01 Å². The van der Waals surface area contributed by atoms with Crippen molar-refractivity contribution in [3.8, 4) is 0 Å². The first-order valence-electron chi connectivity index (χ1n) is 9.65. The molecule has 4 fully saturated rings. The molecule has 0 spiro atoms. The summed E-state index contributed by atoms with van der Waals surface area (Å²) in [5.74, 6) is -0.162. The van der Waals surface area contributed by atoms with Gasteiger partial charge >= 0.3 is 0 Å². The largest absolute Gasteiger partial charge is 0.351 e. The maximum absolute atomic E-state index is 13.6. The Kier molecular flexibility index (Phi) is 5.42. The van der Waals surface area contributed by atoms with Crippen LogP contribution in [-0.4, -0.2) is 92.8 Å². The number of hydrazine groups is 1. The zero-order chi connectivity index (χ0) is 18.3.